The summed E-state index contributed by atoms with van der Waals surface area (Å²) in [5.74, 6) is 0. The van der Waals surface area contributed by atoms with E-state index in [0.717, 1.165) is 19.6 Å². The van der Waals surface area contributed by atoms with Gasteiger partial charge in [-0.1, -0.05) is 86.0 Å². The third-order valence-corrected chi connectivity index (χ3v) is 7.39. The first kappa shape index (κ1) is 26.9. The van der Waals surface area contributed by atoms with Gasteiger partial charge in [-0.15, -0.1) is 0 Å². The lowest BCUT2D eigenvalue weighted by Crippen LogP contribution is -2.19. The molecule has 0 aromatic rings. The Bertz CT molecular complexity index is 305. The largest absolute Gasteiger partial charge is 0.396 e. The van der Waals surface area contributed by atoms with Crippen molar-refractivity contribution in [3.63, 3.8) is 0 Å². The van der Waals surface area contributed by atoms with Crippen molar-refractivity contribution in [3.05, 3.63) is 0 Å². The molecule has 0 aliphatic carbocycles. The summed E-state index contributed by atoms with van der Waals surface area (Å²) < 4.78 is 5.92. The van der Waals surface area contributed by atoms with Gasteiger partial charge in [-0.05, 0) is 55.8 Å². The molecule has 0 aliphatic rings. The predicted octanol–water partition coefficient (Wildman–Crippen LogP) is 7.92. The Morgan fingerprint density at radius 2 is 0.963 bits per heavy atom. The predicted molar refractivity (Wildman–Crippen MR) is 120 cm³/mol. The Morgan fingerprint density at radius 3 is 1.33 bits per heavy atom. The van der Waals surface area contributed by atoms with Gasteiger partial charge in [0.1, 0.15) is 0 Å². The van der Waals surface area contributed by atoms with Gasteiger partial charge in [0.25, 0.3) is 0 Å². The van der Waals surface area contributed by atoms with Gasteiger partial charge in [-0.3, -0.25) is 0 Å². The summed E-state index contributed by atoms with van der Waals surface area (Å²) in [7, 11) is 0. The monoisotopic (exact) mass is 384 g/mol. The average Bonchev–Trinajstić information content (AvgIpc) is 2.70. The standard InChI is InChI=1S/C25H52O2/c1-6-17-24(7-2,8-3)19-12-15-22-27-23-16-13-20-25(9-4,10-5)18-11-14-21-26/h26H,6-23H2,1-5H3. The molecule has 0 amide bonds. The lowest BCUT2D eigenvalue weighted by molar-refractivity contribution is 0.113. The molecule has 0 rings (SSSR count). The molecule has 0 atom stereocenters. The van der Waals surface area contributed by atoms with Crippen LogP contribution in [0.25, 0.3) is 0 Å². The summed E-state index contributed by atoms with van der Waals surface area (Å²) in [6.45, 7) is 13.9. The number of aliphatic hydroxyl groups is 1. The number of hydrogen-bond donors (Lipinski definition) is 1. The van der Waals surface area contributed by atoms with E-state index < -0.39 is 0 Å². The van der Waals surface area contributed by atoms with Crippen LogP contribution in [0.4, 0.5) is 0 Å². The van der Waals surface area contributed by atoms with Crippen LogP contribution in [0, 0.1) is 10.8 Å². The maximum atomic E-state index is 9.03. The molecule has 0 unspecified atom stereocenters. The van der Waals surface area contributed by atoms with Crippen LogP contribution in [0.15, 0.2) is 0 Å². The fourth-order valence-electron chi connectivity index (χ4n) is 4.82. The van der Waals surface area contributed by atoms with E-state index in [1.165, 1.54) is 89.9 Å². The number of unbranched alkanes of at least 4 members (excludes halogenated alkanes) is 3. The second-order valence-electron chi connectivity index (χ2n) is 8.87. The zero-order valence-corrected chi connectivity index (χ0v) is 19.6. The second kappa shape index (κ2) is 16.8. The van der Waals surface area contributed by atoms with E-state index in [2.05, 4.69) is 34.6 Å². The third kappa shape index (κ3) is 11.5. The summed E-state index contributed by atoms with van der Waals surface area (Å²) in [6.07, 6.45) is 19.0. The molecule has 2 heteroatoms. The highest BCUT2D eigenvalue weighted by Crippen LogP contribution is 2.38. The van der Waals surface area contributed by atoms with Crippen molar-refractivity contribution < 1.29 is 9.84 Å². The second-order valence-corrected chi connectivity index (χ2v) is 8.87. The van der Waals surface area contributed by atoms with Crippen molar-refractivity contribution in [2.75, 3.05) is 19.8 Å². The maximum Gasteiger partial charge on any atom is 0.0466 e. The van der Waals surface area contributed by atoms with Gasteiger partial charge in [0.2, 0.25) is 0 Å². The maximum absolute atomic E-state index is 9.03. The Balaban J connectivity index is 3.83. The third-order valence-electron chi connectivity index (χ3n) is 7.39. The first-order chi connectivity index (χ1) is 13.1. The van der Waals surface area contributed by atoms with Gasteiger partial charge in [-0.25, -0.2) is 0 Å². The summed E-state index contributed by atoms with van der Waals surface area (Å²) >= 11 is 0. The van der Waals surface area contributed by atoms with Crippen molar-refractivity contribution in [1.82, 2.24) is 0 Å². The minimum absolute atomic E-state index is 0.341. The van der Waals surface area contributed by atoms with Crippen LogP contribution in [-0.4, -0.2) is 24.9 Å². The molecule has 0 saturated heterocycles. The first-order valence-corrected chi connectivity index (χ1v) is 12.3. The molecule has 27 heavy (non-hydrogen) atoms. The summed E-state index contributed by atoms with van der Waals surface area (Å²) in [4.78, 5) is 0. The van der Waals surface area contributed by atoms with Gasteiger partial charge < -0.3 is 9.84 Å². The molecule has 0 fully saturated rings. The Hall–Kier alpha value is -0.0800. The van der Waals surface area contributed by atoms with Crippen LogP contribution in [0.2, 0.25) is 0 Å². The van der Waals surface area contributed by atoms with Crippen molar-refractivity contribution in [1.29, 1.82) is 0 Å². The van der Waals surface area contributed by atoms with Crippen LogP contribution < -0.4 is 0 Å². The molecule has 0 radical (unpaired) electrons. The zero-order valence-electron chi connectivity index (χ0n) is 19.6. The quantitative estimate of drug-likeness (QED) is 0.216. The topological polar surface area (TPSA) is 29.5 Å². The van der Waals surface area contributed by atoms with Crippen LogP contribution >= 0.6 is 0 Å². The van der Waals surface area contributed by atoms with Crippen molar-refractivity contribution in [3.8, 4) is 0 Å². The fourth-order valence-corrected chi connectivity index (χ4v) is 4.82. The average molecular weight is 385 g/mol. The van der Waals surface area contributed by atoms with E-state index in [1.807, 2.05) is 0 Å². The molecular formula is C25H52O2. The van der Waals surface area contributed by atoms with E-state index in [1.54, 1.807) is 0 Å². The minimum atomic E-state index is 0.341. The van der Waals surface area contributed by atoms with Gasteiger partial charge in [-0.2, -0.15) is 0 Å². The normalized spacial score (nSPS) is 12.7. The highest BCUT2D eigenvalue weighted by Gasteiger charge is 2.25. The number of rotatable bonds is 20. The molecule has 0 spiro atoms. The molecule has 0 heterocycles. The molecule has 1 N–H and O–H groups in total. The van der Waals surface area contributed by atoms with Crippen LogP contribution in [0.5, 0.6) is 0 Å². The molecule has 0 aromatic heterocycles. The lowest BCUT2D eigenvalue weighted by Gasteiger charge is -2.32. The van der Waals surface area contributed by atoms with E-state index in [0.29, 0.717) is 17.4 Å². The van der Waals surface area contributed by atoms with E-state index in [-0.39, 0.29) is 0 Å². The van der Waals surface area contributed by atoms with E-state index in [9.17, 15) is 0 Å². The number of aliphatic hydroxyl groups excluding tert-OH is 1. The molecule has 0 aromatic carbocycles. The number of ether oxygens (including phenoxy) is 1. The lowest BCUT2D eigenvalue weighted by atomic mass is 9.74. The van der Waals surface area contributed by atoms with E-state index in [4.69, 9.17) is 9.84 Å². The summed E-state index contributed by atoms with van der Waals surface area (Å²) in [6, 6.07) is 0. The summed E-state index contributed by atoms with van der Waals surface area (Å²) in [5.41, 5.74) is 1.09. The van der Waals surface area contributed by atoms with Crippen LogP contribution in [0.3, 0.4) is 0 Å². The highest BCUT2D eigenvalue weighted by atomic mass is 16.5. The fraction of sp³-hybridized carbons (Fsp3) is 1.00. The summed E-state index contributed by atoms with van der Waals surface area (Å²) in [5, 5.41) is 9.03. The molecule has 0 saturated carbocycles. The SMILES string of the molecule is CCCC(CC)(CC)CCCCOCCCCC(CC)(CC)CCCCO. The van der Waals surface area contributed by atoms with Crippen molar-refractivity contribution in [2.24, 2.45) is 10.8 Å². The van der Waals surface area contributed by atoms with Gasteiger partial charge in [0, 0.05) is 19.8 Å². The molecular weight excluding hydrogens is 332 g/mol. The van der Waals surface area contributed by atoms with Crippen molar-refractivity contribution in [2.45, 2.75) is 131 Å². The van der Waals surface area contributed by atoms with Gasteiger partial charge >= 0.3 is 0 Å². The zero-order chi connectivity index (χ0) is 20.4. The van der Waals surface area contributed by atoms with Crippen LogP contribution in [-0.2, 0) is 4.74 Å². The van der Waals surface area contributed by atoms with Crippen LogP contribution in [0.1, 0.15) is 131 Å². The Labute approximate surface area is 171 Å². The smallest absolute Gasteiger partial charge is 0.0466 e. The Kier molecular flexibility index (Phi) is 16.8. The minimum Gasteiger partial charge on any atom is -0.396 e. The number of hydrogen-bond acceptors (Lipinski definition) is 2. The first-order valence-electron chi connectivity index (χ1n) is 12.3. The highest BCUT2D eigenvalue weighted by molar-refractivity contribution is 4.77. The Morgan fingerprint density at radius 1 is 0.556 bits per heavy atom. The molecule has 0 bridgehead atoms. The molecule has 2 nitrogen and oxygen atoms in total. The molecule has 0 aliphatic heterocycles. The van der Waals surface area contributed by atoms with Crippen molar-refractivity contribution >= 4 is 0 Å². The van der Waals surface area contributed by atoms with Gasteiger partial charge in [0.05, 0.1) is 0 Å². The molecule has 164 valence electrons. The van der Waals surface area contributed by atoms with Gasteiger partial charge in [0.15, 0.2) is 0 Å². The van der Waals surface area contributed by atoms with E-state index >= 15 is 0 Å².